The third-order valence-electron chi connectivity index (χ3n) is 3.81. The first-order valence-corrected chi connectivity index (χ1v) is 9.72. The number of rotatable bonds is 6. The van der Waals surface area contributed by atoms with Crippen LogP contribution >= 0.6 is 0 Å². The van der Waals surface area contributed by atoms with E-state index in [1.807, 2.05) is 18.2 Å². The number of nitrogens with one attached hydrogen (secondary N) is 1. The summed E-state index contributed by atoms with van der Waals surface area (Å²) in [4.78, 5) is 11.7. The maximum Gasteiger partial charge on any atom is 0.338 e. The van der Waals surface area contributed by atoms with Gasteiger partial charge in [-0.3, -0.25) is 4.72 Å². The highest BCUT2D eigenvalue weighted by Gasteiger charge is 2.22. The lowest BCUT2D eigenvalue weighted by molar-refractivity contribution is 0.0526. The van der Waals surface area contributed by atoms with Gasteiger partial charge in [-0.25, -0.2) is 13.2 Å². The molecule has 0 spiro atoms. The van der Waals surface area contributed by atoms with Gasteiger partial charge in [0.05, 0.1) is 17.1 Å². The molecule has 0 bridgehead atoms. The van der Waals surface area contributed by atoms with Crippen LogP contribution in [0.3, 0.4) is 0 Å². The summed E-state index contributed by atoms with van der Waals surface area (Å²) in [5.74, 6) is -0.171. The van der Waals surface area contributed by atoms with Gasteiger partial charge in [0.25, 0.3) is 10.0 Å². The molecule has 2 aromatic carbocycles. The highest BCUT2D eigenvalue weighted by molar-refractivity contribution is 7.92. The second kappa shape index (κ2) is 7.63. The summed E-state index contributed by atoms with van der Waals surface area (Å²) in [7, 11) is -3.89. The van der Waals surface area contributed by atoms with Gasteiger partial charge in [-0.2, -0.15) is 0 Å². The van der Waals surface area contributed by atoms with Crippen LogP contribution in [0.5, 0.6) is 0 Å². The molecular weight excluding hydrogens is 368 g/mol. The zero-order valence-corrected chi connectivity index (χ0v) is 15.6. The van der Waals surface area contributed by atoms with E-state index in [2.05, 4.69) is 9.88 Å². The van der Waals surface area contributed by atoms with Gasteiger partial charge in [0.1, 0.15) is 11.4 Å². The van der Waals surface area contributed by atoms with E-state index in [1.165, 1.54) is 24.3 Å². The number of carbonyl (C=O) groups excluding carboxylic acids is 1. The molecule has 1 N–H and O–H groups in total. The number of hydrogen-bond acceptors (Lipinski definition) is 6. The molecule has 0 radical (unpaired) electrons. The summed E-state index contributed by atoms with van der Waals surface area (Å²) in [5, 5.41) is 3.87. The molecule has 0 saturated carbocycles. The molecule has 0 aliphatic carbocycles. The number of hydrogen-bond donors (Lipinski definition) is 1. The van der Waals surface area contributed by atoms with E-state index in [1.54, 1.807) is 26.0 Å². The van der Waals surface area contributed by atoms with Crippen LogP contribution in [0.15, 0.2) is 64.0 Å². The van der Waals surface area contributed by atoms with Crippen molar-refractivity contribution >= 4 is 21.7 Å². The molecule has 0 aliphatic rings. The predicted molar refractivity (Wildman–Crippen MR) is 99.9 cm³/mol. The molecule has 3 rings (SSSR count). The summed E-state index contributed by atoms with van der Waals surface area (Å²) >= 11 is 0. The molecule has 8 heteroatoms. The number of anilines is 1. The Balaban J connectivity index is 1.90. The van der Waals surface area contributed by atoms with Crippen LogP contribution in [0, 0.1) is 6.92 Å². The second-order valence-corrected chi connectivity index (χ2v) is 7.37. The quantitative estimate of drug-likeness (QED) is 0.650. The molecule has 0 aliphatic heterocycles. The van der Waals surface area contributed by atoms with Gasteiger partial charge in [-0.15, -0.1) is 0 Å². The lowest BCUT2D eigenvalue weighted by atomic mass is 10.1. The smallest absolute Gasteiger partial charge is 0.338 e. The standard InChI is InChI=1S/C19H18N2O5S/c1-3-25-19(22)15-9-11-16(12-10-15)27(23,24)21-17-13(2)20-26-18(17)14-7-5-4-6-8-14/h4-12,21H,3H2,1-2H3. The summed E-state index contributed by atoms with van der Waals surface area (Å²) < 4.78 is 38.2. The van der Waals surface area contributed by atoms with Gasteiger partial charge in [0.2, 0.25) is 0 Å². The Morgan fingerprint density at radius 3 is 2.41 bits per heavy atom. The third-order valence-corrected chi connectivity index (χ3v) is 5.18. The zero-order chi connectivity index (χ0) is 19.4. The minimum Gasteiger partial charge on any atom is -0.462 e. The molecule has 0 unspecified atom stereocenters. The third kappa shape index (κ3) is 4.01. The number of carbonyl (C=O) groups is 1. The Morgan fingerprint density at radius 1 is 1.11 bits per heavy atom. The van der Waals surface area contributed by atoms with Crippen LogP contribution in [0.2, 0.25) is 0 Å². The maximum atomic E-state index is 12.7. The number of esters is 1. The molecule has 0 amide bonds. The van der Waals surface area contributed by atoms with Crippen LogP contribution in [0.1, 0.15) is 23.0 Å². The van der Waals surface area contributed by atoms with Crippen LogP contribution in [0.25, 0.3) is 11.3 Å². The molecule has 7 nitrogen and oxygen atoms in total. The number of ether oxygens (including phenoxy) is 1. The minimum atomic E-state index is -3.89. The van der Waals surface area contributed by atoms with Crippen LogP contribution in [-0.4, -0.2) is 26.2 Å². The predicted octanol–water partition coefficient (Wildman–Crippen LogP) is 3.63. The van der Waals surface area contributed by atoms with Gasteiger partial charge >= 0.3 is 5.97 Å². The second-order valence-electron chi connectivity index (χ2n) is 5.69. The van der Waals surface area contributed by atoms with E-state index in [-0.39, 0.29) is 22.8 Å². The number of aryl methyl sites for hydroxylation is 1. The zero-order valence-electron chi connectivity index (χ0n) is 14.8. The summed E-state index contributed by atoms with van der Waals surface area (Å²) in [5.41, 5.74) is 1.67. The first-order chi connectivity index (χ1) is 12.9. The summed E-state index contributed by atoms with van der Waals surface area (Å²) in [6.07, 6.45) is 0. The highest BCUT2D eigenvalue weighted by atomic mass is 32.2. The van der Waals surface area contributed by atoms with Crippen molar-refractivity contribution in [1.82, 2.24) is 5.16 Å². The van der Waals surface area contributed by atoms with Crippen molar-refractivity contribution in [2.45, 2.75) is 18.7 Å². The van der Waals surface area contributed by atoms with Crippen molar-refractivity contribution in [3.05, 3.63) is 65.9 Å². The minimum absolute atomic E-state index is 0.00941. The summed E-state index contributed by atoms with van der Waals surface area (Å²) in [6.45, 7) is 3.60. The average molecular weight is 386 g/mol. The van der Waals surface area contributed by atoms with E-state index in [9.17, 15) is 13.2 Å². The fourth-order valence-electron chi connectivity index (χ4n) is 2.45. The molecule has 3 aromatic rings. The van der Waals surface area contributed by atoms with Crippen molar-refractivity contribution in [3.8, 4) is 11.3 Å². The SMILES string of the molecule is CCOC(=O)c1ccc(S(=O)(=O)Nc2c(C)noc2-c2ccccc2)cc1. The lowest BCUT2D eigenvalue weighted by Gasteiger charge is -2.09. The molecule has 0 saturated heterocycles. The molecule has 0 atom stereocenters. The van der Waals surface area contributed by atoms with Crippen LogP contribution in [-0.2, 0) is 14.8 Å². The van der Waals surface area contributed by atoms with E-state index in [0.29, 0.717) is 17.0 Å². The Kier molecular flexibility index (Phi) is 5.27. The molecule has 140 valence electrons. The molecule has 27 heavy (non-hydrogen) atoms. The van der Waals surface area contributed by atoms with Crippen molar-refractivity contribution < 1.29 is 22.5 Å². The van der Waals surface area contributed by atoms with Crippen molar-refractivity contribution in [3.63, 3.8) is 0 Å². The van der Waals surface area contributed by atoms with Gasteiger partial charge in [-0.05, 0) is 38.1 Å². The van der Waals surface area contributed by atoms with E-state index in [0.717, 1.165) is 0 Å². The average Bonchev–Trinajstić information content (AvgIpc) is 3.03. The molecule has 1 aromatic heterocycles. The highest BCUT2D eigenvalue weighted by Crippen LogP contribution is 2.32. The number of nitrogens with zero attached hydrogens (tertiary/aromatic N) is 1. The van der Waals surface area contributed by atoms with Gasteiger partial charge in [0, 0.05) is 5.56 Å². The van der Waals surface area contributed by atoms with Gasteiger partial charge < -0.3 is 9.26 Å². The first-order valence-electron chi connectivity index (χ1n) is 8.24. The van der Waals surface area contributed by atoms with Crippen LogP contribution < -0.4 is 4.72 Å². The number of sulfonamides is 1. The lowest BCUT2D eigenvalue weighted by Crippen LogP contribution is -2.14. The topological polar surface area (TPSA) is 98.5 Å². The summed E-state index contributed by atoms with van der Waals surface area (Å²) in [6, 6.07) is 14.6. The van der Waals surface area contributed by atoms with Crippen molar-refractivity contribution in [2.24, 2.45) is 0 Å². The normalized spacial score (nSPS) is 11.2. The Hall–Kier alpha value is -3.13. The fourth-order valence-corrected chi connectivity index (χ4v) is 3.58. The van der Waals surface area contributed by atoms with E-state index < -0.39 is 16.0 Å². The number of benzene rings is 2. The Bertz CT molecular complexity index is 1040. The van der Waals surface area contributed by atoms with Gasteiger partial charge in [0.15, 0.2) is 5.76 Å². The van der Waals surface area contributed by atoms with Gasteiger partial charge in [-0.1, -0.05) is 35.5 Å². The Labute approximate surface area is 157 Å². The largest absolute Gasteiger partial charge is 0.462 e. The fraction of sp³-hybridized carbons (Fsp3) is 0.158. The molecular formula is C19H18N2O5S. The van der Waals surface area contributed by atoms with E-state index >= 15 is 0 Å². The van der Waals surface area contributed by atoms with E-state index in [4.69, 9.17) is 9.26 Å². The molecule has 1 heterocycles. The number of aromatic nitrogens is 1. The first kappa shape index (κ1) is 18.7. The van der Waals surface area contributed by atoms with Crippen molar-refractivity contribution in [1.29, 1.82) is 0 Å². The molecule has 0 fully saturated rings. The maximum absolute atomic E-state index is 12.7. The van der Waals surface area contributed by atoms with Crippen LogP contribution in [0.4, 0.5) is 5.69 Å². The van der Waals surface area contributed by atoms with Crippen molar-refractivity contribution in [2.75, 3.05) is 11.3 Å². The monoisotopic (exact) mass is 386 g/mol. The Morgan fingerprint density at radius 2 is 1.78 bits per heavy atom.